The average Bonchev–Trinajstić information content (AvgIpc) is 2.95. The number of carbonyl (C=O) groups excluding carboxylic acids is 1. The summed E-state index contributed by atoms with van der Waals surface area (Å²) in [5.74, 6) is -0.167. The summed E-state index contributed by atoms with van der Waals surface area (Å²) in [5, 5.41) is 5.82. The number of hydrazone groups is 1. The zero-order valence-electron chi connectivity index (χ0n) is 10.6. The number of carbonyl (C=O) groups is 1. The second-order valence-corrected chi connectivity index (χ2v) is 6.71. The van der Waals surface area contributed by atoms with Crippen LogP contribution in [0.5, 0.6) is 0 Å². The van der Waals surface area contributed by atoms with Crippen molar-refractivity contribution in [3.05, 3.63) is 42.7 Å². The van der Waals surface area contributed by atoms with Crippen LogP contribution >= 0.6 is 34.3 Å². The maximum Gasteiger partial charge on any atom is 0.272 e. The third-order valence-corrected chi connectivity index (χ3v) is 4.77. The molecule has 100 valence electrons. The molecule has 0 saturated carbocycles. The molecule has 0 saturated heterocycles. The van der Waals surface area contributed by atoms with E-state index in [4.69, 9.17) is 11.6 Å². The largest absolute Gasteiger partial charge is 0.272 e. The Kier molecular flexibility index (Phi) is 4.74. The molecule has 19 heavy (non-hydrogen) atoms. The van der Waals surface area contributed by atoms with Crippen molar-refractivity contribution in [3.63, 3.8) is 0 Å². The first-order valence-electron chi connectivity index (χ1n) is 5.77. The number of hydrogen-bond acceptors (Lipinski definition) is 4. The molecule has 0 atom stereocenters. The Labute approximate surface area is 124 Å². The first-order chi connectivity index (χ1) is 9.11. The summed E-state index contributed by atoms with van der Waals surface area (Å²) in [6.45, 7) is 4.07. The van der Waals surface area contributed by atoms with Gasteiger partial charge < -0.3 is 0 Å². The molecule has 6 heteroatoms. The van der Waals surface area contributed by atoms with E-state index in [1.165, 1.54) is 16.2 Å². The smallest absolute Gasteiger partial charge is 0.267 e. The molecule has 2 heterocycles. The van der Waals surface area contributed by atoms with Crippen LogP contribution in [-0.2, 0) is 6.42 Å². The second-order valence-electron chi connectivity index (χ2n) is 3.88. The molecule has 0 fully saturated rings. The van der Waals surface area contributed by atoms with Crippen LogP contribution in [0.3, 0.4) is 0 Å². The third kappa shape index (κ3) is 3.43. The maximum absolute atomic E-state index is 12.0. The van der Waals surface area contributed by atoms with Crippen LogP contribution in [0.1, 0.15) is 32.6 Å². The Morgan fingerprint density at radius 3 is 2.95 bits per heavy atom. The van der Waals surface area contributed by atoms with E-state index in [-0.39, 0.29) is 5.91 Å². The lowest BCUT2D eigenvalue weighted by Crippen LogP contribution is -2.18. The van der Waals surface area contributed by atoms with Gasteiger partial charge in [-0.1, -0.05) is 18.5 Å². The van der Waals surface area contributed by atoms with Crippen LogP contribution in [0.2, 0.25) is 4.34 Å². The summed E-state index contributed by atoms with van der Waals surface area (Å²) in [6, 6.07) is 3.65. The number of nitrogens with one attached hydrogen (secondary N) is 1. The van der Waals surface area contributed by atoms with Crippen molar-refractivity contribution in [2.75, 3.05) is 0 Å². The Bertz CT molecular complexity index is 616. The molecule has 0 aliphatic heterocycles. The quantitative estimate of drug-likeness (QED) is 0.670. The van der Waals surface area contributed by atoms with E-state index in [1.54, 1.807) is 23.6 Å². The molecule has 1 amide bonds. The molecule has 0 unspecified atom stereocenters. The second kappa shape index (κ2) is 6.32. The summed E-state index contributed by atoms with van der Waals surface area (Å²) in [6.07, 6.45) is 2.45. The number of rotatable bonds is 4. The van der Waals surface area contributed by atoms with E-state index < -0.39 is 0 Å². The minimum atomic E-state index is -0.167. The monoisotopic (exact) mass is 312 g/mol. The molecule has 2 aromatic rings. The van der Waals surface area contributed by atoms with Crippen LogP contribution in [0, 0.1) is 6.92 Å². The average molecular weight is 313 g/mol. The fourth-order valence-corrected chi connectivity index (χ4v) is 3.60. The van der Waals surface area contributed by atoms with Crippen molar-refractivity contribution in [1.29, 1.82) is 0 Å². The van der Waals surface area contributed by atoms with E-state index in [9.17, 15) is 4.79 Å². The normalized spacial score (nSPS) is 11.1. The van der Waals surface area contributed by atoms with Crippen molar-refractivity contribution >= 4 is 46.4 Å². The highest BCUT2D eigenvalue weighted by Crippen LogP contribution is 2.22. The lowest BCUT2D eigenvalue weighted by molar-refractivity contribution is 0.0954. The number of halogens is 1. The van der Waals surface area contributed by atoms with Crippen molar-refractivity contribution in [1.82, 2.24) is 5.43 Å². The van der Waals surface area contributed by atoms with E-state index in [0.29, 0.717) is 9.90 Å². The summed E-state index contributed by atoms with van der Waals surface area (Å²) >= 11 is 8.81. The van der Waals surface area contributed by atoms with Gasteiger partial charge in [0.1, 0.15) is 0 Å². The number of amides is 1. The van der Waals surface area contributed by atoms with Gasteiger partial charge >= 0.3 is 0 Å². The highest BCUT2D eigenvalue weighted by Gasteiger charge is 2.13. The van der Waals surface area contributed by atoms with Gasteiger partial charge in [0, 0.05) is 15.1 Å². The van der Waals surface area contributed by atoms with Gasteiger partial charge in [0.15, 0.2) is 0 Å². The number of nitrogens with zero attached hydrogens (tertiary/aromatic N) is 1. The van der Waals surface area contributed by atoms with Crippen LogP contribution in [0.15, 0.2) is 22.6 Å². The van der Waals surface area contributed by atoms with Gasteiger partial charge in [0.25, 0.3) is 5.91 Å². The van der Waals surface area contributed by atoms with Crippen molar-refractivity contribution in [2.45, 2.75) is 20.3 Å². The SMILES string of the molecule is CCc1c(C(=O)N/N=C\c2ccc(Cl)s2)csc1C. The van der Waals surface area contributed by atoms with Gasteiger partial charge in [-0.05, 0) is 31.0 Å². The molecule has 0 radical (unpaired) electrons. The third-order valence-electron chi connectivity index (χ3n) is 2.65. The van der Waals surface area contributed by atoms with E-state index in [1.807, 2.05) is 25.3 Å². The zero-order chi connectivity index (χ0) is 13.8. The van der Waals surface area contributed by atoms with Crippen molar-refractivity contribution in [3.8, 4) is 0 Å². The molecule has 0 spiro atoms. The molecule has 0 bridgehead atoms. The van der Waals surface area contributed by atoms with Crippen LogP contribution in [0.25, 0.3) is 0 Å². The van der Waals surface area contributed by atoms with Gasteiger partial charge in [0.2, 0.25) is 0 Å². The molecule has 2 aromatic heterocycles. The van der Waals surface area contributed by atoms with Crippen LogP contribution in [-0.4, -0.2) is 12.1 Å². The number of aryl methyl sites for hydroxylation is 1. The lowest BCUT2D eigenvalue weighted by atomic mass is 10.1. The molecule has 0 aliphatic rings. The molecule has 0 aliphatic carbocycles. The van der Waals surface area contributed by atoms with Crippen molar-refractivity contribution in [2.24, 2.45) is 5.10 Å². The molecular formula is C13H13ClN2OS2. The molecule has 0 aromatic carbocycles. The maximum atomic E-state index is 12.0. The summed E-state index contributed by atoms with van der Waals surface area (Å²) in [4.78, 5) is 14.1. The van der Waals surface area contributed by atoms with Gasteiger partial charge in [-0.3, -0.25) is 4.79 Å². The molecule has 2 rings (SSSR count). The predicted molar refractivity (Wildman–Crippen MR) is 82.8 cm³/mol. The van der Waals surface area contributed by atoms with Gasteiger partial charge in [0.05, 0.1) is 16.1 Å². The first-order valence-corrected chi connectivity index (χ1v) is 7.85. The van der Waals surface area contributed by atoms with Gasteiger partial charge in [-0.2, -0.15) is 5.10 Å². The molecule has 3 nitrogen and oxygen atoms in total. The fourth-order valence-electron chi connectivity index (χ4n) is 1.72. The number of thiophene rings is 2. The van der Waals surface area contributed by atoms with E-state index in [2.05, 4.69) is 10.5 Å². The molecular weight excluding hydrogens is 300 g/mol. The van der Waals surface area contributed by atoms with Crippen LogP contribution in [0.4, 0.5) is 0 Å². The topological polar surface area (TPSA) is 41.5 Å². The van der Waals surface area contributed by atoms with Crippen LogP contribution < -0.4 is 5.43 Å². The highest BCUT2D eigenvalue weighted by molar-refractivity contribution is 7.17. The Morgan fingerprint density at radius 1 is 1.53 bits per heavy atom. The standard InChI is InChI=1S/C13H13ClN2OS2/c1-3-10-8(2)18-7-11(10)13(17)16-15-6-9-4-5-12(14)19-9/h4-7H,3H2,1-2H3,(H,16,17)/b15-6-. The predicted octanol–water partition coefficient (Wildman–Crippen LogP) is 4.10. The summed E-state index contributed by atoms with van der Waals surface area (Å²) in [5.41, 5.74) is 4.35. The van der Waals surface area contributed by atoms with E-state index in [0.717, 1.165) is 16.9 Å². The fraction of sp³-hybridized carbons (Fsp3) is 0.231. The highest BCUT2D eigenvalue weighted by atomic mass is 35.5. The zero-order valence-corrected chi connectivity index (χ0v) is 13.0. The summed E-state index contributed by atoms with van der Waals surface area (Å²) < 4.78 is 0.703. The number of hydrogen-bond donors (Lipinski definition) is 1. The minimum Gasteiger partial charge on any atom is -0.267 e. The molecule has 1 N–H and O–H groups in total. The van der Waals surface area contributed by atoms with Gasteiger partial charge in [-0.25, -0.2) is 5.43 Å². The first kappa shape index (κ1) is 14.2. The van der Waals surface area contributed by atoms with Crippen molar-refractivity contribution < 1.29 is 4.79 Å². The minimum absolute atomic E-state index is 0.167. The lowest BCUT2D eigenvalue weighted by Gasteiger charge is -2.01. The van der Waals surface area contributed by atoms with Gasteiger partial charge in [-0.15, -0.1) is 22.7 Å². The van der Waals surface area contributed by atoms with E-state index >= 15 is 0 Å². The Morgan fingerprint density at radius 2 is 2.32 bits per heavy atom. The summed E-state index contributed by atoms with van der Waals surface area (Å²) in [7, 11) is 0. The Hall–Kier alpha value is -1.17. The Balaban J connectivity index is 2.03.